The Kier molecular flexibility index (Phi) is 3.55. The van der Waals surface area contributed by atoms with Crippen LogP contribution in [-0.2, 0) is 0 Å². The largest absolute Gasteiger partial charge is 0.438 e. The molecule has 0 saturated carbocycles. The Hall–Kier alpha value is -2.70. The highest BCUT2D eigenvalue weighted by Gasteiger charge is 2.32. The maximum atomic E-state index is 12.9. The number of imidazole rings is 1. The predicted octanol–water partition coefficient (Wildman–Crippen LogP) is 2.70. The number of oxazole rings is 1. The SMILES string of the molecule is Cc1ncoc1C(=O)N1CCCC[C@@H]1c1cc(C)n2ccnc2n1. The maximum absolute atomic E-state index is 12.9. The molecule has 7 nitrogen and oxygen atoms in total. The number of hydrogen-bond donors (Lipinski definition) is 0. The molecule has 0 N–H and O–H groups in total. The van der Waals surface area contributed by atoms with Crippen molar-refractivity contribution < 1.29 is 9.21 Å². The molecule has 0 unspecified atom stereocenters. The molecule has 4 rings (SSSR count). The zero-order valence-corrected chi connectivity index (χ0v) is 13.8. The van der Waals surface area contributed by atoms with Gasteiger partial charge in [-0.2, -0.15) is 0 Å². The number of rotatable bonds is 2. The number of carbonyl (C=O) groups is 1. The van der Waals surface area contributed by atoms with Crippen LogP contribution >= 0.6 is 0 Å². The lowest BCUT2D eigenvalue weighted by Crippen LogP contribution is -2.39. The smallest absolute Gasteiger partial charge is 0.292 e. The quantitative estimate of drug-likeness (QED) is 0.724. The van der Waals surface area contributed by atoms with Gasteiger partial charge in [-0.1, -0.05) is 0 Å². The first-order valence-corrected chi connectivity index (χ1v) is 8.17. The highest BCUT2D eigenvalue weighted by atomic mass is 16.3. The number of piperidine rings is 1. The fraction of sp³-hybridized carbons (Fsp3) is 0.412. The third kappa shape index (κ3) is 2.36. The number of amides is 1. The van der Waals surface area contributed by atoms with Gasteiger partial charge in [-0.3, -0.25) is 9.20 Å². The minimum atomic E-state index is -0.114. The van der Waals surface area contributed by atoms with E-state index in [4.69, 9.17) is 4.42 Å². The van der Waals surface area contributed by atoms with E-state index >= 15 is 0 Å². The zero-order valence-electron chi connectivity index (χ0n) is 13.8. The van der Waals surface area contributed by atoms with E-state index in [1.165, 1.54) is 6.39 Å². The monoisotopic (exact) mass is 325 g/mol. The molecule has 1 fully saturated rings. The van der Waals surface area contributed by atoms with Gasteiger partial charge in [-0.25, -0.2) is 15.0 Å². The van der Waals surface area contributed by atoms with Crippen molar-refractivity contribution >= 4 is 11.7 Å². The van der Waals surface area contributed by atoms with Crippen LogP contribution in [0.3, 0.4) is 0 Å². The highest BCUT2D eigenvalue weighted by molar-refractivity contribution is 5.92. The van der Waals surface area contributed by atoms with Gasteiger partial charge in [0.2, 0.25) is 11.5 Å². The molecule has 1 atom stereocenters. The van der Waals surface area contributed by atoms with Gasteiger partial charge in [0.15, 0.2) is 6.39 Å². The molecule has 3 aromatic heterocycles. The van der Waals surface area contributed by atoms with Gasteiger partial charge in [0.25, 0.3) is 5.91 Å². The van der Waals surface area contributed by atoms with Crippen LogP contribution in [0.2, 0.25) is 0 Å². The maximum Gasteiger partial charge on any atom is 0.292 e. The van der Waals surface area contributed by atoms with Crippen LogP contribution in [0, 0.1) is 13.8 Å². The molecule has 4 heterocycles. The van der Waals surface area contributed by atoms with Gasteiger partial charge in [-0.05, 0) is 39.2 Å². The molecular formula is C17H19N5O2. The number of likely N-dealkylation sites (tertiary alicyclic amines) is 1. The van der Waals surface area contributed by atoms with Crippen molar-refractivity contribution in [1.29, 1.82) is 0 Å². The highest BCUT2D eigenvalue weighted by Crippen LogP contribution is 2.32. The van der Waals surface area contributed by atoms with E-state index < -0.39 is 0 Å². The predicted molar refractivity (Wildman–Crippen MR) is 86.6 cm³/mol. The summed E-state index contributed by atoms with van der Waals surface area (Å²) in [6.07, 6.45) is 7.90. The minimum absolute atomic E-state index is 0.0591. The summed E-state index contributed by atoms with van der Waals surface area (Å²) in [5, 5.41) is 0. The molecule has 1 aliphatic heterocycles. The molecule has 7 heteroatoms. The van der Waals surface area contributed by atoms with E-state index in [1.54, 1.807) is 13.1 Å². The third-order valence-corrected chi connectivity index (χ3v) is 4.63. The van der Waals surface area contributed by atoms with Gasteiger partial charge >= 0.3 is 0 Å². The van der Waals surface area contributed by atoms with Crippen LogP contribution in [0.25, 0.3) is 5.78 Å². The van der Waals surface area contributed by atoms with E-state index in [2.05, 4.69) is 15.0 Å². The number of carbonyl (C=O) groups excluding carboxylic acids is 1. The second kappa shape index (κ2) is 5.74. The van der Waals surface area contributed by atoms with Crippen LogP contribution in [0.15, 0.2) is 29.3 Å². The van der Waals surface area contributed by atoms with Gasteiger partial charge in [0.05, 0.1) is 17.4 Å². The van der Waals surface area contributed by atoms with Crippen molar-refractivity contribution in [2.45, 2.75) is 39.2 Å². The van der Waals surface area contributed by atoms with Crippen molar-refractivity contribution in [3.05, 3.63) is 47.7 Å². The van der Waals surface area contributed by atoms with E-state index in [1.807, 2.05) is 28.5 Å². The topological polar surface area (TPSA) is 76.5 Å². The van der Waals surface area contributed by atoms with E-state index in [0.717, 1.165) is 30.7 Å². The fourth-order valence-corrected chi connectivity index (χ4v) is 3.38. The second-order valence-electron chi connectivity index (χ2n) is 6.20. The number of hydrogen-bond acceptors (Lipinski definition) is 5. The van der Waals surface area contributed by atoms with Gasteiger partial charge < -0.3 is 9.32 Å². The molecule has 1 amide bonds. The molecule has 1 aliphatic rings. The Balaban J connectivity index is 1.73. The van der Waals surface area contributed by atoms with Crippen molar-refractivity contribution in [2.24, 2.45) is 0 Å². The lowest BCUT2D eigenvalue weighted by Gasteiger charge is -2.35. The van der Waals surface area contributed by atoms with Crippen molar-refractivity contribution in [1.82, 2.24) is 24.3 Å². The number of nitrogens with zero attached hydrogens (tertiary/aromatic N) is 5. The number of aryl methyl sites for hydroxylation is 2. The van der Waals surface area contributed by atoms with Crippen LogP contribution in [0.1, 0.15) is 52.9 Å². The summed E-state index contributed by atoms with van der Waals surface area (Å²) < 4.78 is 7.25. The summed E-state index contributed by atoms with van der Waals surface area (Å²) >= 11 is 0. The first-order valence-electron chi connectivity index (χ1n) is 8.17. The van der Waals surface area contributed by atoms with Crippen molar-refractivity contribution in [3.63, 3.8) is 0 Å². The average molecular weight is 325 g/mol. The van der Waals surface area contributed by atoms with Crippen LogP contribution in [0.4, 0.5) is 0 Å². The Morgan fingerprint density at radius 2 is 2.17 bits per heavy atom. The molecule has 0 spiro atoms. The average Bonchev–Trinajstić information content (AvgIpc) is 3.23. The Bertz CT molecular complexity index is 897. The van der Waals surface area contributed by atoms with Crippen molar-refractivity contribution in [3.8, 4) is 0 Å². The fourth-order valence-electron chi connectivity index (χ4n) is 3.38. The molecule has 0 bridgehead atoms. The molecule has 0 aliphatic carbocycles. The third-order valence-electron chi connectivity index (χ3n) is 4.63. The lowest BCUT2D eigenvalue weighted by molar-refractivity contribution is 0.0572. The minimum Gasteiger partial charge on any atom is -0.438 e. The Morgan fingerprint density at radius 3 is 2.96 bits per heavy atom. The van der Waals surface area contributed by atoms with E-state index in [-0.39, 0.29) is 11.9 Å². The van der Waals surface area contributed by atoms with Gasteiger partial charge in [-0.15, -0.1) is 0 Å². The van der Waals surface area contributed by atoms with Crippen LogP contribution < -0.4 is 0 Å². The summed E-state index contributed by atoms with van der Waals surface area (Å²) in [6.45, 7) is 4.51. The van der Waals surface area contributed by atoms with Crippen LogP contribution in [0.5, 0.6) is 0 Å². The van der Waals surface area contributed by atoms with Gasteiger partial charge in [0, 0.05) is 24.6 Å². The summed E-state index contributed by atoms with van der Waals surface area (Å²) in [5.74, 6) is 0.872. The van der Waals surface area contributed by atoms with Gasteiger partial charge in [0.1, 0.15) is 0 Å². The number of aromatic nitrogens is 4. The molecular weight excluding hydrogens is 306 g/mol. The standard InChI is InChI=1S/C17H19N5O2/c1-11-9-13(20-17-18-6-8-21(11)17)14-5-3-4-7-22(14)16(23)15-12(2)19-10-24-15/h6,8-10,14H,3-5,7H2,1-2H3/t14-/m1/s1. The lowest BCUT2D eigenvalue weighted by atomic mass is 9.98. The molecule has 24 heavy (non-hydrogen) atoms. The van der Waals surface area contributed by atoms with E-state index in [9.17, 15) is 4.79 Å². The summed E-state index contributed by atoms with van der Waals surface area (Å²) in [7, 11) is 0. The Morgan fingerprint density at radius 1 is 1.29 bits per heavy atom. The molecule has 0 radical (unpaired) electrons. The molecule has 0 aromatic carbocycles. The first kappa shape index (κ1) is 14.9. The normalized spacial score (nSPS) is 18.2. The second-order valence-corrected chi connectivity index (χ2v) is 6.20. The number of fused-ring (bicyclic) bond motifs is 1. The Labute approximate surface area is 139 Å². The molecule has 1 saturated heterocycles. The van der Waals surface area contributed by atoms with Crippen molar-refractivity contribution in [2.75, 3.05) is 6.54 Å². The van der Waals surface area contributed by atoms with Crippen LogP contribution in [-0.4, -0.2) is 36.7 Å². The first-order chi connectivity index (χ1) is 11.6. The molecule has 124 valence electrons. The summed E-state index contributed by atoms with van der Waals surface area (Å²) in [4.78, 5) is 27.8. The van der Waals surface area contributed by atoms with E-state index in [0.29, 0.717) is 23.8 Å². The zero-order chi connectivity index (χ0) is 16.7. The summed E-state index contributed by atoms with van der Waals surface area (Å²) in [5.41, 5.74) is 2.56. The molecule has 3 aromatic rings. The summed E-state index contributed by atoms with van der Waals surface area (Å²) in [6, 6.07) is 1.98.